The summed E-state index contributed by atoms with van der Waals surface area (Å²) in [6.07, 6.45) is 2.67. The minimum Gasteiger partial charge on any atom is -0.468 e. The van der Waals surface area contributed by atoms with Crippen LogP contribution in [0.4, 0.5) is 4.79 Å². The van der Waals surface area contributed by atoms with E-state index in [4.69, 9.17) is 4.74 Å². The van der Waals surface area contributed by atoms with E-state index < -0.39 is 17.3 Å². The fraction of sp³-hybridized carbons (Fsp3) is 0.455. The number of rotatable bonds is 5. The summed E-state index contributed by atoms with van der Waals surface area (Å²) in [7, 11) is 4.32. The van der Waals surface area contributed by atoms with Gasteiger partial charge in [0.2, 0.25) is 0 Å². The van der Waals surface area contributed by atoms with Crippen LogP contribution in [0.15, 0.2) is 22.7 Å². The van der Waals surface area contributed by atoms with Crippen LogP contribution in [0.5, 0.6) is 0 Å². The number of hydrazone groups is 1. The molecule has 1 unspecified atom stereocenters. The minimum absolute atomic E-state index is 0.371. The Morgan fingerprint density at radius 1 is 1.45 bits per heavy atom. The zero-order valence-corrected chi connectivity index (χ0v) is 12.4. The second-order valence-electron chi connectivity index (χ2n) is 3.70. The molecule has 1 rings (SSSR count). The molecule has 0 aliphatic carbocycles. The summed E-state index contributed by atoms with van der Waals surface area (Å²) in [5.74, 6) is -0.481. The summed E-state index contributed by atoms with van der Waals surface area (Å²) in [5.41, 5.74) is 2.53. The number of hydrogen-bond donors (Lipinski definition) is 1. The number of carbonyl (C=O) groups is 2. The molecule has 110 valence electrons. The Labute approximate surface area is 120 Å². The predicted molar refractivity (Wildman–Crippen MR) is 73.5 cm³/mol. The van der Waals surface area contributed by atoms with Gasteiger partial charge in [-0.3, -0.25) is 4.79 Å². The van der Waals surface area contributed by atoms with Gasteiger partial charge in [0.15, 0.2) is 5.16 Å². The molecular formula is C11H16N4O4S. The Morgan fingerprint density at radius 3 is 2.65 bits per heavy atom. The SMILES string of the molecule is COC(=O)N/N=C(\C)C(Sc1nccn1C)C(=O)OC. The van der Waals surface area contributed by atoms with Crippen LogP contribution in [-0.2, 0) is 21.3 Å². The molecule has 0 saturated heterocycles. The molecule has 1 aromatic rings. The van der Waals surface area contributed by atoms with Gasteiger partial charge in [-0.15, -0.1) is 0 Å². The van der Waals surface area contributed by atoms with E-state index in [-0.39, 0.29) is 0 Å². The highest BCUT2D eigenvalue weighted by molar-refractivity contribution is 8.01. The largest absolute Gasteiger partial charge is 0.468 e. The molecule has 0 aliphatic heterocycles. The van der Waals surface area contributed by atoms with Crippen LogP contribution in [0.3, 0.4) is 0 Å². The van der Waals surface area contributed by atoms with Crippen molar-refractivity contribution >= 4 is 29.5 Å². The number of nitrogens with zero attached hydrogens (tertiary/aromatic N) is 3. The van der Waals surface area contributed by atoms with Crippen molar-refractivity contribution < 1.29 is 19.1 Å². The number of methoxy groups -OCH3 is 2. The monoisotopic (exact) mass is 300 g/mol. The highest BCUT2D eigenvalue weighted by Gasteiger charge is 2.26. The first-order chi connectivity index (χ1) is 9.49. The van der Waals surface area contributed by atoms with E-state index in [0.717, 1.165) is 0 Å². The minimum atomic E-state index is -0.713. The van der Waals surface area contributed by atoms with Gasteiger partial charge < -0.3 is 14.0 Å². The maximum atomic E-state index is 11.8. The number of aryl methyl sites for hydroxylation is 1. The average molecular weight is 300 g/mol. The summed E-state index contributed by atoms with van der Waals surface area (Å²) in [4.78, 5) is 26.9. The topological polar surface area (TPSA) is 94.8 Å². The van der Waals surface area contributed by atoms with E-state index in [1.54, 1.807) is 23.9 Å². The Bertz CT molecular complexity index is 514. The number of thioether (sulfide) groups is 1. The molecule has 9 heteroatoms. The van der Waals surface area contributed by atoms with Gasteiger partial charge in [-0.05, 0) is 6.92 Å². The lowest BCUT2D eigenvalue weighted by atomic mass is 10.3. The Morgan fingerprint density at radius 2 is 2.15 bits per heavy atom. The van der Waals surface area contributed by atoms with Crippen molar-refractivity contribution in [2.24, 2.45) is 12.1 Å². The maximum Gasteiger partial charge on any atom is 0.427 e. The Kier molecular flexibility index (Phi) is 6.04. The molecule has 8 nitrogen and oxygen atoms in total. The summed E-state index contributed by atoms with van der Waals surface area (Å²) in [6, 6.07) is 0. The first kappa shape index (κ1) is 16.0. The van der Waals surface area contributed by atoms with Gasteiger partial charge >= 0.3 is 12.1 Å². The first-order valence-corrected chi connectivity index (χ1v) is 6.47. The lowest BCUT2D eigenvalue weighted by Gasteiger charge is -2.13. The zero-order valence-electron chi connectivity index (χ0n) is 11.6. The van der Waals surface area contributed by atoms with E-state index in [9.17, 15) is 9.59 Å². The maximum absolute atomic E-state index is 11.8. The third-order valence-corrected chi connectivity index (χ3v) is 3.68. The van der Waals surface area contributed by atoms with Crippen molar-refractivity contribution in [2.45, 2.75) is 17.3 Å². The van der Waals surface area contributed by atoms with E-state index in [1.165, 1.54) is 26.0 Å². The molecule has 0 saturated carbocycles. The Hall–Kier alpha value is -2.03. The number of aromatic nitrogens is 2. The van der Waals surface area contributed by atoms with Crippen LogP contribution < -0.4 is 5.43 Å². The van der Waals surface area contributed by atoms with Gasteiger partial charge in [-0.2, -0.15) is 5.10 Å². The van der Waals surface area contributed by atoms with E-state index >= 15 is 0 Å². The highest BCUT2D eigenvalue weighted by Crippen LogP contribution is 2.23. The average Bonchev–Trinajstić information content (AvgIpc) is 2.86. The third-order valence-electron chi connectivity index (χ3n) is 2.30. The third kappa shape index (κ3) is 4.26. The van der Waals surface area contributed by atoms with Gasteiger partial charge in [-0.25, -0.2) is 15.2 Å². The van der Waals surface area contributed by atoms with Gasteiger partial charge in [0.25, 0.3) is 0 Å². The number of carbonyl (C=O) groups excluding carboxylic acids is 2. The molecule has 1 amide bonds. The fourth-order valence-corrected chi connectivity index (χ4v) is 2.20. The van der Waals surface area contributed by atoms with Crippen molar-refractivity contribution in [2.75, 3.05) is 14.2 Å². The van der Waals surface area contributed by atoms with Crippen LogP contribution in [0, 0.1) is 0 Å². The van der Waals surface area contributed by atoms with Gasteiger partial charge in [-0.1, -0.05) is 11.8 Å². The van der Waals surface area contributed by atoms with Crippen molar-refractivity contribution in [3.05, 3.63) is 12.4 Å². The zero-order chi connectivity index (χ0) is 15.1. The van der Waals surface area contributed by atoms with E-state index in [0.29, 0.717) is 10.9 Å². The molecule has 0 radical (unpaired) electrons. The number of nitrogens with one attached hydrogen (secondary N) is 1. The second kappa shape index (κ2) is 7.53. The molecule has 0 spiro atoms. The molecule has 0 aliphatic rings. The van der Waals surface area contributed by atoms with Crippen molar-refractivity contribution in [1.29, 1.82) is 0 Å². The quantitative estimate of drug-likeness (QED) is 0.374. The summed E-state index contributed by atoms with van der Waals surface area (Å²) in [6.45, 7) is 1.60. The van der Waals surface area contributed by atoms with Crippen LogP contribution in [0.25, 0.3) is 0 Å². The predicted octanol–water partition coefficient (Wildman–Crippen LogP) is 0.786. The van der Waals surface area contributed by atoms with Gasteiger partial charge in [0.05, 0.1) is 19.9 Å². The first-order valence-electron chi connectivity index (χ1n) is 5.59. The molecule has 0 fully saturated rings. The smallest absolute Gasteiger partial charge is 0.427 e. The van der Waals surface area contributed by atoms with Crippen LogP contribution >= 0.6 is 11.8 Å². The number of imidazole rings is 1. The van der Waals surface area contributed by atoms with Crippen LogP contribution in [0.1, 0.15) is 6.92 Å². The number of amides is 1. The molecule has 1 atom stereocenters. The Balaban J connectivity index is 2.86. The molecule has 1 aromatic heterocycles. The summed E-state index contributed by atoms with van der Waals surface area (Å²) >= 11 is 1.18. The fourth-order valence-electron chi connectivity index (χ4n) is 1.22. The lowest BCUT2D eigenvalue weighted by molar-refractivity contribution is -0.138. The standard InChI is InChI=1S/C11H16N4O4S/c1-7(13-14-11(17)19-4)8(9(16)18-3)20-10-12-5-6-15(10)2/h5-6,8H,1-4H3,(H,14,17)/b13-7+. The summed E-state index contributed by atoms with van der Waals surface area (Å²) < 4.78 is 10.9. The molecule has 1 heterocycles. The number of ether oxygens (including phenoxy) is 2. The van der Waals surface area contributed by atoms with E-state index in [1.807, 2.05) is 7.05 Å². The van der Waals surface area contributed by atoms with Crippen molar-refractivity contribution in [1.82, 2.24) is 15.0 Å². The molecule has 0 bridgehead atoms. The van der Waals surface area contributed by atoms with Gasteiger partial charge in [0.1, 0.15) is 5.25 Å². The van der Waals surface area contributed by atoms with Crippen molar-refractivity contribution in [3.63, 3.8) is 0 Å². The van der Waals surface area contributed by atoms with E-state index in [2.05, 4.69) is 20.2 Å². The summed E-state index contributed by atoms with van der Waals surface area (Å²) in [5, 5.41) is 3.73. The lowest BCUT2D eigenvalue weighted by Crippen LogP contribution is -2.29. The normalized spacial score (nSPS) is 12.7. The van der Waals surface area contributed by atoms with Gasteiger partial charge in [0, 0.05) is 19.4 Å². The molecule has 20 heavy (non-hydrogen) atoms. The molecule has 1 N–H and O–H groups in total. The van der Waals surface area contributed by atoms with Crippen molar-refractivity contribution in [3.8, 4) is 0 Å². The highest BCUT2D eigenvalue weighted by atomic mass is 32.2. The van der Waals surface area contributed by atoms with Crippen LogP contribution in [-0.4, -0.2) is 46.8 Å². The molecular weight excluding hydrogens is 284 g/mol. The number of hydrogen-bond acceptors (Lipinski definition) is 7. The number of esters is 1. The second-order valence-corrected chi connectivity index (χ2v) is 4.77. The van der Waals surface area contributed by atoms with Crippen LogP contribution in [0.2, 0.25) is 0 Å². The molecule has 0 aromatic carbocycles.